The topological polar surface area (TPSA) is 102 Å². The van der Waals surface area contributed by atoms with Gasteiger partial charge in [0.25, 0.3) is 0 Å². The van der Waals surface area contributed by atoms with Gasteiger partial charge in [0.05, 0.1) is 5.75 Å². The van der Waals surface area contributed by atoms with Gasteiger partial charge in [0, 0.05) is 34.7 Å². The van der Waals surface area contributed by atoms with Crippen molar-refractivity contribution >= 4 is 40.9 Å². The fourth-order valence-corrected chi connectivity index (χ4v) is 4.57. The van der Waals surface area contributed by atoms with Crippen LogP contribution in [0.15, 0.2) is 47.9 Å². The summed E-state index contributed by atoms with van der Waals surface area (Å²) in [5, 5.41) is 11.5. The molecule has 10 heteroatoms. The van der Waals surface area contributed by atoms with Crippen molar-refractivity contribution in [2.75, 3.05) is 11.1 Å². The second kappa shape index (κ2) is 10.8. The summed E-state index contributed by atoms with van der Waals surface area (Å²) in [6.07, 6.45) is 7.69. The van der Waals surface area contributed by atoms with Crippen molar-refractivity contribution in [1.82, 2.24) is 25.1 Å². The van der Waals surface area contributed by atoms with E-state index >= 15 is 0 Å². The first-order chi connectivity index (χ1) is 16.0. The Morgan fingerprint density at radius 3 is 2.64 bits per heavy atom. The quantitative estimate of drug-likeness (QED) is 0.467. The lowest BCUT2D eigenvalue weighted by Crippen LogP contribution is -2.33. The summed E-state index contributed by atoms with van der Waals surface area (Å²) in [6, 6.07) is 9.22. The molecule has 33 heavy (non-hydrogen) atoms. The fraction of sp³-hybridized carbons (Fsp3) is 0.348. The highest BCUT2D eigenvalue weighted by Gasteiger charge is 2.19. The van der Waals surface area contributed by atoms with E-state index in [1.54, 1.807) is 36.7 Å². The van der Waals surface area contributed by atoms with Crippen LogP contribution in [-0.4, -0.2) is 43.4 Å². The van der Waals surface area contributed by atoms with E-state index in [1.807, 2.05) is 13.0 Å². The monoisotopic (exact) mass is 484 g/mol. The average Bonchev–Trinajstić information content (AvgIpc) is 3.45. The number of thioether (sulfide) groups is 1. The van der Waals surface area contributed by atoms with E-state index in [-0.39, 0.29) is 30.2 Å². The van der Waals surface area contributed by atoms with Crippen molar-refractivity contribution in [1.29, 1.82) is 0 Å². The van der Waals surface area contributed by atoms with Crippen molar-refractivity contribution in [3.05, 3.63) is 53.3 Å². The molecule has 2 amide bonds. The van der Waals surface area contributed by atoms with E-state index in [2.05, 4.69) is 25.7 Å². The molecule has 3 aromatic rings. The molecule has 1 aromatic carbocycles. The number of hydrogen-bond donors (Lipinski definition) is 2. The van der Waals surface area contributed by atoms with Crippen LogP contribution < -0.4 is 10.6 Å². The van der Waals surface area contributed by atoms with Gasteiger partial charge in [0.1, 0.15) is 6.54 Å². The number of benzene rings is 1. The summed E-state index contributed by atoms with van der Waals surface area (Å²) in [7, 11) is 0. The van der Waals surface area contributed by atoms with Gasteiger partial charge in [-0.3, -0.25) is 14.6 Å². The Kier molecular flexibility index (Phi) is 7.61. The van der Waals surface area contributed by atoms with Crippen LogP contribution >= 0.6 is 23.4 Å². The second-order valence-corrected chi connectivity index (χ2v) is 9.31. The van der Waals surface area contributed by atoms with Crippen LogP contribution in [-0.2, 0) is 16.1 Å². The van der Waals surface area contributed by atoms with E-state index in [0.717, 1.165) is 36.8 Å². The van der Waals surface area contributed by atoms with Crippen molar-refractivity contribution in [3.63, 3.8) is 0 Å². The predicted octanol–water partition coefficient (Wildman–Crippen LogP) is 4.09. The summed E-state index contributed by atoms with van der Waals surface area (Å²) in [4.78, 5) is 33.7. The Morgan fingerprint density at radius 2 is 1.91 bits per heavy atom. The molecule has 2 aromatic heterocycles. The average molecular weight is 485 g/mol. The van der Waals surface area contributed by atoms with Crippen LogP contribution in [0.1, 0.15) is 31.2 Å². The molecule has 0 unspecified atom stereocenters. The van der Waals surface area contributed by atoms with E-state index in [9.17, 15) is 9.59 Å². The SMILES string of the molecule is Cc1ccc(NC(=O)Cn2nc(-c3ccncc3)nc2SCC(=O)NC2CCCC2)cc1Cl. The zero-order valence-corrected chi connectivity index (χ0v) is 19.8. The molecule has 172 valence electrons. The molecule has 8 nitrogen and oxygen atoms in total. The minimum atomic E-state index is -0.265. The first kappa shape index (κ1) is 23.3. The van der Waals surface area contributed by atoms with Gasteiger partial charge in [-0.1, -0.05) is 42.3 Å². The third-order valence-corrected chi connectivity index (χ3v) is 6.75. The van der Waals surface area contributed by atoms with Gasteiger partial charge in [0.15, 0.2) is 11.0 Å². The number of carbonyl (C=O) groups is 2. The van der Waals surface area contributed by atoms with Crippen molar-refractivity contribution in [3.8, 4) is 11.4 Å². The van der Waals surface area contributed by atoms with Crippen molar-refractivity contribution < 1.29 is 9.59 Å². The number of nitrogens with zero attached hydrogens (tertiary/aromatic N) is 4. The molecule has 1 aliphatic rings. The van der Waals surface area contributed by atoms with Gasteiger partial charge in [-0.25, -0.2) is 9.67 Å². The second-order valence-electron chi connectivity index (χ2n) is 7.96. The molecule has 0 radical (unpaired) electrons. The lowest BCUT2D eigenvalue weighted by molar-refractivity contribution is -0.119. The number of anilines is 1. The minimum absolute atomic E-state index is 0.0364. The molecule has 0 spiro atoms. The van der Waals surface area contributed by atoms with Crippen LogP contribution in [0.2, 0.25) is 5.02 Å². The molecule has 4 rings (SSSR count). The normalized spacial score (nSPS) is 13.8. The number of nitrogens with one attached hydrogen (secondary N) is 2. The summed E-state index contributed by atoms with van der Waals surface area (Å²) < 4.78 is 1.52. The Hall–Kier alpha value is -2.91. The smallest absolute Gasteiger partial charge is 0.246 e. The third kappa shape index (κ3) is 6.33. The number of aromatic nitrogens is 4. The fourth-order valence-electron chi connectivity index (χ4n) is 3.64. The summed E-state index contributed by atoms with van der Waals surface area (Å²) >= 11 is 7.43. The lowest BCUT2D eigenvalue weighted by atomic mass is 10.2. The van der Waals surface area contributed by atoms with Gasteiger partial charge in [-0.15, -0.1) is 5.10 Å². The highest BCUT2D eigenvalue weighted by atomic mass is 35.5. The Balaban J connectivity index is 1.47. The standard InChI is InChI=1S/C23H25ClN6O2S/c1-15-6-7-18(12-19(15)24)27-20(31)13-30-23(28-22(29-30)16-8-10-25-11-9-16)33-14-21(32)26-17-4-2-3-5-17/h6-12,17H,2-5,13-14H2,1H3,(H,26,32)(H,27,31). The van der Waals surface area contributed by atoms with Gasteiger partial charge in [-0.05, 0) is 49.6 Å². The lowest BCUT2D eigenvalue weighted by Gasteiger charge is -2.11. The molecular weight excluding hydrogens is 460 g/mol. The number of aryl methyl sites for hydroxylation is 1. The molecule has 0 aliphatic heterocycles. The molecular formula is C23H25ClN6O2S. The van der Waals surface area contributed by atoms with E-state index in [4.69, 9.17) is 11.6 Å². The van der Waals surface area contributed by atoms with Gasteiger partial charge in [-0.2, -0.15) is 0 Å². The van der Waals surface area contributed by atoms with Crippen LogP contribution in [0.25, 0.3) is 11.4 Å². The zero-order valence-electron chi connectivity index (χ0n) is 18.3. The summed E-state index contributed by atoms with van der Waals surface area (Å²) in [5.74, 6) is 0.381. The number of rotatable bonds is 8. The van der Waals surface area contributed by atoms with Crippen molar-refractivity contribution in [2.24, 2.45) is 0 Å². The first-order valence-corrected chi connectivity index (χ1v) is 12.2. The maximum atomic E-state index is 12.7. The number of carbonyl (C=O) groups excluding carboxylic acids is 2. The first-order valence-electron chi connectivity index (χ1n) is 10.8. The largest absolute Gasteiger partial charge is 0.353 e. The highest BCUT2D eigenvalue weighted by molar-refractivity contribution is 7.99. The predicted molar refractivity (Wildman–Crippen MR) is 129 cm³/mol. The molecule has 1 saturated carbocycles. The number of amides is 2. The molecule has 2 heterocycles. The van der Waals surface area contributed by atoms with E-state index < -0.39 is 0 Å². The zero-order chi connectivity index (χ0) is 23.2. The minimum Gasteiger partial charge on any atom is -0.353 e. The van der Waals surface area contributed by atoms with Gasteiger partial charge >= 0.3 is 0 Å². The third-order valence-electron chi connectivity index (χ3n) is 5.38. The van der Waals surface area contributed by atoms with Crippen LogP contribution in [0.4, 0.5) is 5.69 Å². The molecule has 0 saturated heterocycles. The highest BCUT2D eigenvalue weighted by Crippen LogP contribution is 2.23. The van der Waals surface area contributed by atoms with Gasteiger partial charge < -0.3 is 10.6 Å². The van der Waals surface area contributed by atoms with Crippen LogP contribution in [0.3, 0.4) is 0 Å². The summed E-state index contributed by atoms with van der Waals surface area (Å²) in [5.41, 5.74) is 2.32. The molecule has 0 bridgehead atoms. The Bertz CT molecular complexity index is 1130. The maximum absolute atomic E-state index is 12.7. The maximum Gasteiger partial charge on any atom is 0.246 e. The van der Waals surface area contributed by atoms with Gasteiger partial charge in [0.2, 0.25) is 11.8 Å². The van der Waals surface area contributed by atoms with Crippen LogP contribution in [0, 0.1) is 6.92 Å². The molecule has 0 atom stereocenters. The van der Waals surface area contributed by atoms with Crippen LogP contribution in [0.5, 0.6) is 0 Å². The molecule has 1 fully saturated rings. The summed E-state index contributed by atoms with van der Waals surface area (Å²) in [6.45, 7) is 1.85. The Labute approximate surface area is 201 Å². The number of pyridine rings is 1. The van der Waals surface area contributed by atoms with E-state index in [0.29, 0.717) is 21.7 Å². The van der Waals surface area contributed by atoms with Crippen molar-refractivity contribution in [2.45, 2.75) is 50.4 Å². The molecule has 2 N–H and O–H groups in total. The molecule has 1 aliphatic carbocycles. The Morgan fingerprint density at radius 1 is 1.15 bits per heavy atom. The van der Waals surface area contributed by atoms with E-state index in [1.165, 1.54) is 16.4 Å². The number of hydrogen-bond acceptors (Lipinski definition) is 6. The number of halogens is 1.